The molecule has 114 valence electrons. The first kappa shape index (κ1) is 16.4. The van der Waals surface area contributed by atoms with Crippen molar-refractivity contribution < 1.29 is 14.3 Å². The molecule has 0 fully saturated rings. The van der Waals surface area contributed by atoms with Crippen LogP contribution in [-0.2, 0) is 14.3 Å². The minimum Gasteiger partial charge on any atom is -0.463 e. The highest BCUT2D eigenvalue weighted by atomic mass is 127. The van der Waals surface area contributed by atoms with Crippen LogP contribution in [0.25, 0.3) is 0 Å². The molecule has 1 heterocycles. The summed E-state index contributed by atoms with van der Waals surface area (Å²) in [5.41, 5.74) is 7.16. The predicted molar refractivity (Wildman–Crippen MR) is 89.1 cm³/mol. The van der Waals surface area contributed by atoms with E-state index in [1.165, 1.54) is 0 Å². The van der Waals surface area contributed by atoms with Gasteiger partial charge in [-0.25, -0.2) is 4.79 Å². The molecule has 22 heavy (non-hydrogen) atoms. The highest BCUT2D eigenvalue weighted by Crippen LogP contribution is 2.39. The van der Waals surface area contributed by atoms with Gasteiger partial charge in [-0.1, -0.05) is 12.1 Å². The number of ether oxygens (including phenoxy) is 2. The molecule has 0 bridgehead atoms. The fourth-order valence-corrected chi connectivity index (χ4v) is 2.94. The average molecular weight is 410 g/mol. The lowest BCUT2D eigenvalue weighted by molar-refractivity contribution is -0.139. The number of halogens is 1. The van der Waals surface area contributed by atoms with Crippen LogP contribution in [0.3, 0.4) is 0 Å². The van der Waals surface area contributed by atoms with E-state index in [-0.39, 0.29) is 18.1 Å². The third kappa shape index (κ3) is 3.09. The van der Waals surface area contributed by atoms with E-state index in [2.05, 4.69) is 28.7 Å². The molecular weight excluding hydrogens is 395 g/mol. The second kappa shape index (κ2) is 6.83. The fraction of sp³-hybridized carbons (Fsp3) is 0.250. The second-order valence-electron chi connectivity index (χ2n) is 4.67. The normalized spacial score (nSPS) is 17.8. The average Bonchev–Trinajstić information content (AvgIpc) is 2.46. The zero-order valence-corrected chi connectivity index (χ0v) is 14.4. The summed E-state index contributed by atoms with van der Waals surface area (Å²) in [5.74, 6) is -0.688. The number of nitrogens with zero attached hydrogens (tertiary/aromatic N) is 1. The molecule has 1 aromatic rings. The molecule has 6 heteroatoms. The summed E-state index contributed by atoms with van der Waals surface area (Å²) < 4.78 is 11.5. The Balaban J connectivity index is 2.62. The molecule has 1 atom stereocenters. The lowest BCUT2D eigenvalue weighted by atomic mass is 9.83. The number of nitrogens with two attached hydrogens (primary N) is 1. The molecule has 0 radical (unpaired) electrons. The smallest absolute Gasteiger partial charge is 0.338 e. The molecular formula is C16H15IN2O3. The Morgan fingerprint density at radius 2 is 2.27 bits per heavy atom. The number of rotatable bonds is 3. The van der Waals surface area contributed by atoms with Gasteiger partial charge in [-0.3, -0.25) is 0 Å². The number of nitriles is 1. The quantitative estimate of drug-likeness (QED) is 0.612. The van der Waals surface area contributed by atoms with Gasteiger partial charge in [-0.05, 0) is 54.1 Å². The number of carbonyl (C=O) groups excluding carboxylic acids is 1. The monoisotopic (exact) mass is 410 g/mol. The molecule has 1 aliphatic rings. The van der Waals surface area contributed by atoms with Crippen molar-refractivity contribution in [3.8, 4) is 6.07 Å². The summed E-state index contributed by atoms with van der Waals surface area (Å²) in [6.07, 6.45) is 0. The van der Waals surface area contributed by atoms with Crippen LogP contribution in [0, 0.1) is 14.9 Å². The molecule has 0 aliphatic carbocycles. The Hall–Kier alpha value is -2.01. The molecule has 5 nitrogen and oxygen atoms in total. The van der Waals surface area contributed by atoms with Crippen molar-refractivity contribution in [2.45, 2.75) is 19.8 Å². The van der Waals surface area contributed by atoms with Crippen LogP contribution in [-0.4, -0.2) is 12.6 Å². The van der Waals surface area contributed by atoms with Crippen molar-refractivity contribution in [3.63, 3.8) is 0 Å². The first-order valence-electron chi connectivity index (χ1n) is 6.70. The SMILES string of the molecule is CCOC(=O)C1=C(C)OC(N)=C(C#N)[C@H]1c1cccc(I)c1. The van der Waals surface area contributed by atoms with Gasteiger partial charge in [0.15, 0.2) is 0 Å². The molecule has 0 aromatic heterocycles. The Kier molecular flexibility index (Phi) is 5.08. The van der Waals surface area contributed by atoms with Crippen LogP contribution in [0.1, 0.15) is 25.3 Å². The Morgan fingerprint density at radius 3 is 2.86 bits per heavy atom. The fourth-order valence-electron chi connectivity index (χ4n) is 2.37. The maximum absolute atomic E-state index is 12.3. The van der Waals surface area contributed by atoms with Gasteiger partial charge in [0.1, 0.15) is 17.4 Å². The van der Waals surface area contributed by atoms with Crippen molar-refractivity contribution in [2.75, 3.05) is 6.61 Å². The van der Waals surface area contributed by atoms with Gasteiger partial charge in [0.05, 0.1) is 18.1 Å². The molecule has 0 unspecified atom stereocenters. The maximum Gasteiger partial charge on any atom is 0.338 e. The number of hydrogen-bond donors (Lipinski definition) is 1. The first-order chi connectivity index (χ1) is 10.5. The van der Waals surface area contributed by atoms with E-state index in [1.54, 1.807) is 13.8 Å². The van der Waals surface area contributed by atoms with E-state index in [1.807, 2.05) is 24.3 Å². The Bertz CT molecular complexity index is 716. The maximum atomic E-state index is 12.3. The third-order valence-electron chi connectivity index (χ3n) is 3.28. The second-order valence-corrected chi connectivity index (χ2v) is 5.92. The molecule has 2 rings (SSSR count). The summed E-state index contributed by atoms with van der Waals surface area (Å²) in [4.78, 5) is 12.3. The predicted octanol–water partition coefficient (Wildman–Crippen LogP) is 2.94. The highest BCUT2D eigenvalue weighted by molar-refractivity contribution is 14.1. The van der Waals surface area contributed by atoms with Gasteiger partial charge in [0, 0.05) is 3.57 Å². The largest absolute Gasteiger partial charge is 0.463 e. The van der Waals surface area contributed by atoms with Crippen molar-refractivity contribution in [3.05, 3.63) is 56.2 Å². The minimum absolute atomic E-state index is 0.0249. The Labute approximate surface area is 142 Å². The van der Waals surface area contributed by atoms with Crippen LogP contribution in [0.4, 0.5) is 0 Å². The lowest BCUT2D eigenvalue weighted by Crippen LogP contribution is -2.25. The number of hydrogen-bond acceptors (Lipinski definition) is 5. The van der Waals surface area contributed by atoms with Crippen LogP contribution in [0.15, 0.2) is 47.1 Å². The lowest BCUT2D eigenvalue weighted by Gasteiger charge is -2.26. The molecule has 1 aromatic carbocycles. The molecule has 0 amide bonds. The number of carbonyl (C=O) groups is 1. The van der Waals surface area contributed by atoms with Crippen molar-refractivity contribution in [1.82, 2.24) is 0 Å². The zero-order valence-electron chi connectivity index (χ0n) is 12.2. The Morgan fingerprint density at radius 1 is 1.55 bits per heavy atom. The number of allylic oxidation sites excluding steroid dienone is 2. The summed E-state index contributed by atoms with van der Waals surface area (Å²) in [7, 11) is 0. The summed E-state index contributed by atoms with van der Waals surface area (Å²) in [6, 6.07) is 9.63. The van der Waals surface area contributed by atoms with Crippen molar-refractivity contribution >= 4 is 28.6 Å². The van der Waals surface area contributed by atoms with Gasteiger partial charge in [0.25, 0.3) is 0 Å². The first-order valence-corrected chi connectivity index (χ1v) is 7.78. The summed E-state index contributed by atoms with van der Waals surface area (Å²) in [6.45, 7) is 3.62. The van der Waals surface area contributed by atoms with E-state index in [0.717, 1.165) is 9.13 Å². The van der Waals surface area contributed by atoms with Crippen LogP contribution >= 0.6 is 22.6 Å². The molecule has 1 aliphatic heterocycles. The van der Waals surface area contributed by atoms with Crippen LogP contribution < -0.4 is 5.73 Å². The molecule has 0 spiro atoms. The van der Waals surface area contributed by atoms with E-state index in [9.17, 15) is 10.1 Å². The summed E-state index contributed by atoms with van der Waals surface area (Å²) >= 11 is 2.18. The highest BCUT2D eigenvalue weighted by Gasteiger charge is 2.36. The summed E-state index contributed by atoms with van der Waals surface area (Å²) in [5, 5.41) is 9.43. The number of benzene rings is 1. The van der Waals surface area contributed by atoms with Gasteiger partial charge in [-0.2, -0.15) is 5.26 Å². The molecule has 0 saturated heterocycles. The van der Waals surface area contributed by atoms with Crippen molar-refractivity contribution in [2.24, 2.45) is 5.73 Å². The van der Waals surface area contributed by atoms with Gasteiger partial charge >= 0.3 is 5.97 Å². The molecule has 0 saturated carbocycles. The van der Waals surface area contributed by atoms with Crippen LogP contribution in [0.2, 0.25) is 0 Å². The zero-order chi connectivity index (χ0) is 16.3. The topological polar surface area (TPSA) is 85.3 Å². The molecule has 2 N–H and O–H groups in total. The standard InChI is InChI=1S/C16H15IN2O3/c1-3-21-16(20)13-9(2)22-15(19)12(8-18)14(13)10-5-4-6-11(17)7-10/h4-7,14H,3,19H2,1-2H3/t14-/m1/s1. The van der Waals surface area contributed by atoms with Gasteiger partial charge in [0.2, 0.25) is 5.88 Å². The van der Waals surface area contributed by atoms with Crippen LogP contribution in [0.5, 0.6) is 0 Å². The van der Waals surface area contributed by atoms with E-state index >= 15 is 0 Å². The third-order valence-corrected chi connectivity index (χ3v) is 3.95. The van der Waals surface area contributed by atoms with Crippen molar-refractivity contribution in [1.29, 1.82) is 5.26 Å². The van der Waals surface area contributed by atoms with Gasteiger partial charge < -0.3 is 15.2 Å². The minimum atomic E-state index is -0.576. The van der Waals surface area contributed by atoms with E-state index in [4.69, 9.17) is 15.2 Å². The number of esters is 1. The van der Waals surface area contributed by atoms with E-state index < -0.39 is 11.9 Å². The van der Waals surface area contributed by atoms with E-state index in [0.29, 0.717) is 11.3 Å². The van der Waals surface area contributed by atoms with Gasteiger partial charge in [-0.15, -0.1) is 0 Å².